The SMILES string of the molecule is CCC(NC1CC2CCC1C2)c1cccc([N+](=O)[O-])c1. The van der Waals surface area contributed by atoms with Crippen molar-refractivity contribution in [2.24, 2.45) is 11.8 Å². The molecule has 0 amide bonds. The maximum Gasteiger partial charge on any atom is 0.269 e. The van der Waals surface area contributed by atoms with Gasteiger partial charge >= 0.3 is 0 Å². The minimum absolute atomic E-state index is 0.190. The minimum atomic E-state index is -0.312. The van der Waals surface area contributed by atoms with E-state index in [1.807, 2.05) is 6.07 Å². The van der Waals surface area contributed by atoms with Crippen molar-refractivity contribution in [3.8, 4) is 0 Å². The number of non-ortho nitro benzene ring substituents is 1. The van der Waals surface area contributed by atoms with Crippen LogP contribution in [0.4, 0.5) is 5.69 Å². The number of hydrogen-bond acceptors (Lipinski definition) is 3. The van der Waals surface area contributed by atoms with Crippen molar-refractivity contribution in [2.75, 3.05) is 0 Å². The highest BCUT2D eigenvalue weighted by Gasteiger charge is 2.40. The zero-order valence-corrected chi connectivity index (χ0v) is 11.9. The summed E-state index contributed by atoms with van der Waals surface area (Å²) >= 11 is 0. The van der Waals surface area contributed by atoms with Gasteiger partial charge in [-0.1, -0.05) is 25.5 Å². The van der Waals surface area contributed by atoms with E-state index in [1.54, 1.807) is 18.2 Å². The molecule has 1 aromatic carbocycles. The van der Waals surface area contributed by atoms with Gasteiger partial charge in [-0.25, -0.2) is 0 Å². The minimum Gasteiger partial charge on any atom is -0.307 e. The van der Waals surface area contributed by atoms with Crippen LogP contribution in [0.2, 0.25) is 0 Å². The zero-order chi connectivity index (χ0) is 14.1. The predicted molar refractivity (Wildman–Crippen MR) is 78.5 cm³/mol. The first kappa shape index (κ1) is 13.6. The van der Waals surface area contributed by atoms with E-state index in [4.69, 9.17) is 0 Å². The van der Waals surface area contributed by atoms with Crippen molar-refractivity contribution in [2.45, 2.75) is 51.1 Å². The summed E-state index contributed by atoms with van der Waals surface area (Å²) in [4.78, 5) is 10.6. The highest BCUT2D eigenvalue weighted by atomic mass is 16.6. The molecule has 3 rings (SSSR count). The summed E-state index contributed by atoms with van der Waals surface area (Å²) in [5, 5.41) is 14.7. The molecular weight excluding hydrogens is 252 g/mol. The molecule has 4 atom stereocenters. The van der Waals surface area contributed by atoms with E-state index in [0.29, 0.717) is 6.04 Å². The fourth-order valence-electron chi connectivity index (χ4n) is 4.01. The second-order valence-electron chi connectivity index (χ2n) is 6.26. The van der Waals surface area contributed by atoms with Crippen LogP contribution in [0.25, 0.3) is 0 Å². The third-order valence-electron chi connectivity index (χ3n) is 5.04. The standard InChI is InChI=1S/C16H22N2O2/c1-2-15(12-4-3-5-14(10-12)18(19)20)17-16-9-11-6-7-13(16)8-11/h3-5,10-11,13,15-17H,2,6-9H2,1H3. The topological polar surface area (TPSA) is 55.2 Å². The summed E-state index contributed by atoms with van der Waals surface area (Å²) < 4.78 is 0. The molecule has 0 aliphatic heterocycles. The number of fused-ring (bicyclic) bond motifs is 2. The molecule has 2 bridgehead atoms. The summed E-state index contributed by atoms with van der Waals surface area (Å²) in [5.41, 5.74) is 1.24. The lowest BCUT2D eigenvalue weighted by molar-refractivity contribution is -0.384. The van der Waals surface area contributed by atoms with Crippen LogP contribution < -0.4 is 5.32 Å². The van der Waals surface area contributed by atoms with Gasteiger partial charge in [-0.2, -0.15) is 0 Å². The van der Waals surface area contributed by atoms with E-state index < -0.39 is 0 Å². The van der Waals surface area contributed by atoms with E-state index in [-0.39, 0.29) is 16.7 Å². The maximum absolute atomic E-state index is 10.9. The van der Waals surface area contributed by atoms with Crippen molar-refractivity contribution in [3.05, 3.63) is 39.9 Å². The van der Waals surface area contributed by atoms with E-state index in [2.05, 4.69) is 12.2 Å². The number of nitrogens with zero attached hydrogens (tertiary/aromatic N) is 1. The Labute approximate surface area is 119 Å². The molecule has 1 aromatic rings. The first-order chi connectivity index (χ1) is 9.67. The molecule has 1 N–H and O–H groups in total. The van der Waals surface area contributed by atoms with Crippen LogP contribution in [0, 0.1) is 22.0 Å². The zero-order valence-electron chi connectivity index (χ0n) is 11.9. The van der Waals surface area contributed by atoms with Crippen molar-refractivity contribution < 1.29 is 4.92 Å². The smallest absolute Gasteiger partial charge is 0.269 e. The van der Waals surface area contributed by atoms with Crippen molar-refractivity contribution in [3.63, 3.8) is 0 Å². The van der Waals surface area contributed by atoms with Gasteiger partial charge in [0.25, 0.3) is 5.69 Å². The lowest BCUT2D eigenvalue weighted by Crippen LogP contribution is -2.36. The fraction of sp³-hybridized carbons (Fsp3) is 0.625. The molecular formula is C16H22N2O2. The molecule has 0 saturated heterocycles. The number of benzene rings is 1. The monoisotopic (exact) mass is 274 g/mol. The number of hydrogen-bond donors (Lipinski definition) is 1. The molecule has 2 aliphatic carbocycles. The molecule has 2 aliphatic rings. The predicted octanol–water partition coefficient (Wildman–Crippen LogP) is 3.82. The maximum atomic E-state index is 10.9. The Morgan fingerprint density at radius 2 is 2.25 bits per heavy atom. The first-order valence-electron chi connectivity index (χ1n) is 7.67. The summed E-state index contributed by atoms with van der Waals surface area (Å²) in [6, 6.07) is 7.92. The van der Waals surface area contributed by atoms with E-state index in [0.717, 1.165) is 23.8 Å². The normalized spacial score (nSPS) is 29.6. The van der Waals surface area contributed by atoms with Crippen LogP contribution in [-0.2, 0) is 0 Å². The van der Waals surface area contributed by atoms with Crippen LogP contribution >= 0.6 is 0 Å². The number of nitro groups is 1. The summed E-state index contributed by atoms with van der Waals surface area (Å²) in [7, 11) is 0. The average molecular weight is 274 g/mol. The van der Waals surface area contributed by atoms with Crippen LogP contribution in [0.1, 0.15) is 50.6 Å². The van der Waals surface area contributed by atoms with Gasteiger partial charge in [-0.05, 0) is 43.1 Å². The van der Waals surface area contributed by atoms with Gasteiger partial charge in [-0.15, -0.1) is 0 Å². The number of nitro benzene ring substituents is 1. The molecule has 4 unspecified atom stereocenters. The molecule has 2 saturated carbocycles. The van der Waals surface area contributed by atoms with Gasteiger partial charge in [0, 0.05) is 24.2 Å². The van der Waals surface area contributed by atoms with Gasteiger partial charge in [-0.3, -0.25) is 10.1 Å². The number of nitrogens with one attached hydrogen (secondary N) is 1. The van der Waals surface area contributed by atoms with Gasteiger partial charge in [0.1, 0.15) is 0 Å². The fourth-order valence-corrected chi connectivity index (χ4v) is 4.01. The molecule has 20 heavy (non-hydrogen) atoms. The number of rotatable bonds is 5. The van der Waals surface area contributed by atoms with E-state index in [1.165, 1.54) is 25.7 Å². The first-order valence-corrected chi connectivity index (χ1v) is 7.67. The van der Waals surface area contributed by atoms with Crippen LogP contribution in [0.5, 0.6) is 0 Å². The summed E-state index contributed by atoms with van der Waals surface area (Å²) in [5.74, 6) is 1.74. The highest BCUT2D eigenvalue weighted by Crippen LogP contribution is 2.45. The highest BCUT2D eigenvalue weighted by molar-refractivity contribution is 5.35. The Balaban J connectivity index is 1.73. The van der Waals surface area contributed by atoms with Crippen molar-refractivity contribution in [1.82, 2.24) is 5.32 Å². The molecule has 0 aromatic heterocycles. The molecule has 0 radical (unpaired) electrons. The Morgan fingerprint density at radius 1 is 1.40 bits per heavy atom. The van der Waals surface area contributed by atoms with Crippen LogP contribution in [0.15, 0.2) is 24.3 Å². The Kier molecular flexibility index (Phi) is 3.74. The van der Waals surface area contributed by atoms with Gasteiger partial charge < -0.3 is 5.32 Å². The third-order valence-corrected chi connectivity index (χ3v) is 5.04. The average Bonchev–Trinajstić information content (AvgIpc) is 3.07. The Bertz CT molecular complexity index is 503. The molecule has 0 spiro atoms. The second-order valence-corrected chi connectivity index (χ2v) is 6.26. The lowest BCUT2D eigenvalue weighted by atomic mass is 9.93. The molecule has 108 valence electrons. The molecule has 4 heteroatoms. The lowest BCUT2D eigenvalue weighted by Gasteiger charge is -2.28. The largest absolute Gasteiger partial charge is 0.307 e. The molecule has 0 heterocycles. The van der Waals surface area contributed by atoms with Gasteiger partial charge in [0.2, 0.25) is 0 Å². The molecule has 4 nitrogen and oxygen atoms in total. The van der Waals surface area contributed by atoms with Crippen LogP contribution in [0.3, 0.4) is 0 Å². The molecule has 2 fully saturated rings. The second kappa shape index (κ2) is 5.52. The Hall–Kier alpha value is -1.42. The van der Waals surface area contributed by atoms with Crippen molar-refractivity contribution >= 4 is 5.69 Å². The summed E-state index contributed by atoms with van der Waals surface area (Å²) in [6.07, 6.45) is 6.39. The Morgan fingerprint density at radius 3 is 2.85 bits per heavy atom. The summed E-state index contributed by atoms with van der Waals surface area (Å²) in [6.45, 7) is 2.14. The van der Waals surface area contributed by atoms with Crippen molar-refractivity contribution in [1.29, 1.82) is 0 Å². The van der Waals surface area contributed by atoms with Gasteiger partial charge in [0.05, 0.1) is 4.92 Å². The van der Waals surface area contributed by atoms with E-state index in [9.17, 15) is 10.1 Å². The quantitative estimate of drug-likeness (QED) is 0.656. The third kappa shape index (κ3) is 2.57. The van der Waals surface area contributed by atoms with E-state index >= 15 is 0 Å². The van der Waals surface area contributed by atoms with Crippen LogP contribution in [-0.4, -0.2) is 11.0 Å². The van der Waals surface area contributed by atoms with Gasteiger partial charge in [0.15, 0.2) is 0 Å².